The lowest BCUT2D eigenvalue weighted by Crippen LogP contribution is -2.39. The maximum atomic E-state index is 10.9. The molecule has 1 aromatic carbocycles. The number of hydrogen-bond donors (Lipinski definition) is 1. The van der Waals surface area contributed by atoms with E-state index in [4.69, 9.17) is 5.73 Å². The number of benzene rings is 1. The molecule has 0 saturated carbocycles. The summed E-state index contributed by atoms with van der Waals surface area (Å²) in [4.78, 5) is 12.9. The third-order valence-corrected chi connectivity index (χ3v) is 5.11. The molecule has 1 aliphatic heterocycles. The van der Waals surface area contributed by atoms with Crippen LogP contribution in [0, 0.1) is 15.5 Å². The number of nitrogen functional groups attached to an aromatic ring is 1. The van der Waals surface area contributed by atoms with Gasteiger partial charge in [0.1, 0.15) is 5.69 Å². The van der Waals surface area contributed by atoms with Gasteiger partial charge < -0.3 is 5.73 Å². The third-order valence-electron chi connectivity index (χ3n) is 5.11. The lowest BCUT2D eigenvalue weighted by Gasteiger charge is -2.41. The van der Waals surface area contributed by atoms with Crippen molar-refractivity contribution in [3.63, 3.8) is 0 Å². The zero-order valence-corrected chi connectivity index (χ0v) is 13.0. The zero-order chi connectivity index (χ0) is 15.5. The van der Waals surface area contributed by atoms with Crippen LogP contribution in [-0.4, -0.2) is 22.9 Å². The Labute approximate surface area is 126 Å². The lowest BCUT2D eigenvalue weighted by molar-refractivity contribution is -0.384. The Hall–Kier alpha value is -1.62. The summed E-state index contributed by atoms with van der Waals surface area (Å²) in [7, 11) is 0. The summed E-state index contributed by atoms with van der Waals surface area (Å²) in [6.45, 7) is 7.47. The number of nitrogens with two attached hydrogens (primary N) is 1. The van der Waals surface area contributed by atoms with Crippen LogP contribution in [0.25, 0.3) is 0 Å². The van der Waals surface area contributed by atoms with Gasteiger partial charge in [-0.15, -0.1) is 0 Å². The number of piperidine rings is 1. The summed E-state index contributed by atoms with van der Waals surface area (Å²) in [5, 5.41) is 10.9. The average Bonchev–Trinajstić information content (AvgIpc) is 2.50. The fourth-order valence-electron chi connectivity index (χ4n) is 3.25. The molecule has 0 aliphatic carbocycles. The fourth-order valence-corrected chi connectivity index (χ4v) is 3.25. The fraction of sp³-hybridized carbons (Fsp3) is 0.625. The minimum Gasteiger partial charge on any atom is -0.393 e. The van der Waals surface area contributed by atoms with Crippen LogP contribution in [0.3, 0.4) is 0 Å². The maximum Gasteiger partial charge on any atom is 0.292 e. The minimum absolute atomic E-state index is 0.0148. The molecule has 0 bridgehead atoms. The van der Waals surface area contributed by atoms with Crippen LogP contribution in [0.1, 0.15) is 45.1 Å². The number of nitrogens with zero attached hydrogens (tertiary/aromatic N) is 2. The second-order valence-electron chi connectivity index (χ2n) is 6.13. The van der Waals surface area contributed by atoms with E-state index < -0.39 is 4.92 Å². The van der Waals surface area contributed by atoms with Crippen molar-refractivity contribution in [2.45, 2.75) is 46.1 Å². The molecule has 0 atom stereocenters. The summed E-state index contributed by atoms with van der Waals surface area (Å²) in [6, 6.07) is 5.14. The number of hydrogen-bond acceptors (Lipinski definition) is 4. The Morgan fingerprint density at radius 1 is 1.29 bits per heavy atom. The van der Waals surface area contributed by atoms with Crippen LogP contribution < -0.4 is 5.73 Å². The molecule has 1 saturated heterocycles. The molecular formula is C16H25N3O2. The molecule has 1 aromatic rings. The second kappa shape index (κ2) is 6.43. The van der Waals surface area contributed by atoms with Crippen LogP contribution >= 0.6 is 0 Å². The highest BCUT2D eigenvalue weighted by Gasteiger charge is 2.31. The summed E-state index contributed by atoms with van der Waals surface area (Å²) >= 11 is 0. The van der Waals surface area contributed by atoms with E-state index in [1.54, 1.807) is 12.1 Å². The summed E-state index contributed by atoms with van der Waals surface area (Å²) in [5.74, 6) is 0. The highest BCUT2D eigenvalue weighted by Crippen LogP contribution is 2.38. The summed E-state index contributed by atoms with van der Waals surface area (Å²) in [6.07, 6.45) is 4.92. The van der Waals surface area contributed by atoms with Crippen molar-refractivity contribution in [1.29, 1.82) is 0 Å². The highest BCUT2D eigenvalue weighted by atomic mass is 16.6. The standard InChI is InChI=1S/C16H25N3O2/c1-3-16(4-2)7-9-18(10-8-16)12-13-5-6-14(17)15(11-13)19(20)21/h5-6,11H,3-4,7-10,12,17H2,1-2H3. The van der Waals surface area contributed by atoms with E-state index in [1.807, 2.05) is 6.07 Å². The van der Waals surface area contributed by atoms with Gasteiger partial charge >= 0.3 is 0 Å². The largest absolute Gasteiger partial charge is 0.393 e. The zero-order valence-electron chi connectivity index (χ0n) is 13.0. The minimum atomic E-state index is -0.409. The van der Waals surface area contributed by atoms with Crippen LogP contribution in [-0.2, 0) is 6.54 Å². The van der Waals surface area contributed by atoms with Crippen molar-refractivity contribution < 1.29 is 4.92 Å². The molecular weight excluding hydrogens is 266 g/mol. The molecule has 0 spiro atoms. The topological polar surface area (TPSA) is 72.4 Å². The Balaban J connectivity index is 2.01. The van der Waals surface area contributed by atoms with Crippen LogP contribution in [0.15, 0.2) is 18.2 Å². The molecule has 1 heterocycles. The van der Waals surface area contributed by atoms with E-state index in [0.29, 0.717) is 5.41 Å². The maximum absolute atomic E-state index is 10.9. The summed E-state index contributed by atoms with van der Waals surface area (Å²) < 4.78 is 0. The van der Waals surface area contributed by atoms with Gasteiger partial charge in [0.25, 0.3) is 5.69 Å². The first kappa shape index (κ1) is 15.8. The van der Waals surface area contributed by atoms with Crippen molar-refractivity contribution in [1.82, 2.24) is 4.90 Å². The van der Waals surface area contributed by atoms with E-state index in [1.165, 1.54) is 25.7 Å². The Morgan fingerprint density at radius 2 is 1.90 bits per heavy atom. The van der Waals surface area contributed by atoms with Gasteiger partial charge in [-0.25, -0.2) is 0 Å². The Kier molecular flexibility index (Phi) is 4.83. The Morgan fingerprint density at radius 3 is 2.43 bits per heavy atom. The van der Waals surface area contributed by atoms with E-state index in [9.17, 15) is 10.1 Å². The molecule has 1 aliphatic rings. The first-order valence-electron chi connectivity index (χ1n) is 7.75. The van der Waals surface area contributed by atoms with Crippen molar-refractivity contribution in [3.05, 3.63) is 33.9 Å². The molecule has 116 valence electrons. The van der Waals surface area contributed by atoms with Crippen LogP contribution in [0.2, 0.25) is 0 Å². The molecule has 21 heavy (non-hydrogen) atoms. The van der Waals surface area contributed by atoms with E-state index in [2.05, 4.69) is 18.7 Å². The highest BCUT2D eigenvalue weighted by molar-refractivity contribution is 5.59. The van der Waals surface area contributed by atoms with Gasteiger partial charge in [-0.05, 0) is 43.0 Å². The van der Waals surface area contributed by atoms with Gasteiger partial charge in [0.2, 0.25) is 0 Å². The van der Waals surface area contributed by atoms with Gasteiger partial charge in [-0.2, -0.15) is 0 Å². The van der Waals surface area contributed by atoms with Crippen LogP contribution in [0.5, 0.6) is 0 Å². The molecule has 5 heteroatoms. The van der Waals surface area contributed by atoms with Gasteiger partial charge in [-0.1, -0.05) is 32.8 Å². The van der Waals surface area contributed by atoms with Crippen molar-refractivity contribution in [2.24, 2.45) is 5.41 Å². The first-order chi connectivity index (χ1) is 9.99. The molecule has 0 unspecified atom stereocenters. The molecule has 0 aromatic heterocycles. The lowest BCUT2D eigenvalue weighted by atomic mass is 9.74. The van der Waals surface area contributed by atoms with E-state index >= 15 is 0 Å². The quantitative estimate of drug-likeness (QED) is 0.511. The predicted molar refractivity (Wildman–Crippen MR) is 85.0 cm³/mol. The smallest absolute Gasteiger partial charge is 0.292 e. The molecule has 1 fully saturated rings. The van der Waals surface area contributed by atoms with Gasteiger partial charge in [0.05, 0.1) is 4.92 Å². The third kappa shape index (κ3) is 3.53. The number of anilines is 1. The van der Waals surface area contributed by atoms with Crippen molar-refractivity contribution in [2.75, 3.05) is 18.8 Å². The van der Waals surface area contributed by atoms with Crippen molar-refractivity contribution >= 4 is 11.4 Å². The number of rotatable bonds is 5. The van der Waals surface area contributed by atoms with E-state index in [-0.39, 0.29) is 11.4 Å². The molecule has 2 rings (SSSR count). The monoisotopic (exact) mass is 291 g/mol. The number of nitro benzene ring substituents is 1. The number of nitro groups is 1. The Bertz CT molecular complexity index is 502. The van der Waals surface area contributed by atoms with Gasteiger partial charge in [0.15, 0.2) is 0 Å². The van der Waals surface area contributed by atoms with Crippen molar-refractivity contribution in [3.8, 4) is 0 Å². The predicted octanol–water partition coefficient (Wildman–Crippen LogP) is 3.58. The second-order valence-corrected chi connectivity index (χ2v) is 6.13. The SMILES string of the molecule is CCC1(CC)CCN(Cc2ccc(N)c([N+](=O)[O-])c2)CC1. The van der Waals surface area contributed by atoms with Crippen LogP contribution in [0.4, 0.5) is 11.4 Å². The molecule has 0 radical (unpaired) electrons. The molecule has 0 amide bonds. The molecule has 5 nitrogen and oxygen atoms in total. The first-order valence-corrected chi connectivity index (χ1v) is 7.75. The normalized spacial score (nSPS) is 18.6. The molecule has 2 N–H and O–H groups in total. The van der Waals surface area contributed by atoms with Gasteiger partial charge in [-0.3, -0.25) is 15.0 Å². The average molecular weight is 291 g/mol. The number of likely N-dealkylation sites (tertiary alicyclic amines) is 1. The van der Waals surface area contributed by atoms with E-state index in [0.717, 1.165) is 25.2 Å². The summed E-state index contributed by atoms with van der Waals surface area (Å²) in [5.41, 5.74) is 7.36. The van der Waals surface area contributed by atoms with Gasteiger partial charge in [0, 0.05) is 12.6 Å².